The molecule has 26 heavy (non-hydrogen) atoms. The van der Waals surface area contributed by atoms with Gasteiger partial charge in [-0.3, -0.25) is 0 Å². The molecule has 0 spiro atoms. The molecule has 136 valence electrons. The fraction of sp³-hybridized carbons (Fsp3) is 0.333. The Morgan fingerprint density at radius 3 is 2.65 bits per heavy atom. The number of H-pyrrole nitrogens is 1. The van der Waals surface area contributed by atoms with E-state index in [1.54, 1.807) is 13.2 Å². The molecule has 0 aliphatic carbocycles. The fourth-order valence-electron chi connectivity index (χ4n) is 3.50. The second-order valence-corrected chi connectivity index (χ2v) is 6.44. The van der Waals surface area contributed by atoms with Crippen molar-refractivity contribution in [2.45, 2.75) is 39.0 Å². The average molecular weight is 352 g/mol. The molecule has 5 heteroatoms. The van der Waals surface area contributed by atoms with Gasteiger partial charge in [0.25, 0.3) is 0 Å². The Morgan fingerprint density at radius 1 is 1.23 bits per heavy atom. The molecule has 0 fully saturated rings. The number of nitrogens with one attached hydrogen (secondary N) is 1. The molecule has 2 N–H and O–H groups in total. The van der Waals surface area contributed by atoms with Gasteiger partial charge in [0.2, 0.25) is 0 Å². The average Bonchev–Trinajstić information content (AvgIpc) is 3.00. The van der Waals surface area contributed by atoms with Gasteiger partial charge in [0.15, 0.2) is 0 Å². The molecule has 0 saturated carbocycles. The number of aromatic carboxylic acids is 1. The minimum atomic E-state index is -1.00. The van der Waals surface area contributed by atoms with E-state index < -0.39 is 5.97 Å². The number of carboxylic acids is 1. The predicted molar refractivity (Wildman–Crippen MR) is 102 cm³/mol. The summed E-state index contributed by atoms with van der Waals surface area (Å²) in [6.07, 6.45) is 2.67. The van der Waals surface area contributed by atoms with Crippen LogP contribution in [0.5, 0.6) is 5.75 Å². The fourth-order valence-corrected chi connectivity index (χ4v) is 3.50. The van der Waals surface area contributed by atoms with Gasteiger partial charge in [0, 0.05) is 34.8 Å². The van der Waals surface area contributed by atoms with Gasteiger partial charge in [0.05, 0.1) is 7.11 Å². The first-order valence-electron chi connectivity index (χ1n) is 8.95. The predicted octanol–water partition coefficient (Wildman–Crippen LogP) is 4.76. The highest BCUT2D eigenvalue weighted by Crippen LogP contribution is 2.34. The Morgan fingerprint density at radius 2 is 2.00 bits per heavy atom. The largest absolute Gasteiger partial charge is 0.497 e. The van der Waals surface area contributed by atoms with Gasteiger partial charge in [-0.15, -0.1) is 0 Å². The van der Waals surface area contributed by atoms with E-state index in [0.29, 0.717) is 12.3 Å². The van der Waals surface area contributed by atoms with Crippen molar-refractivity contribution in [3.05, 3.63) is 59.0 Å². The van der Waals surface area contributed by atoms with E-state index in [-0.39, 0.29) is 5.69 Å². The van der Waals surface area contributed by atoms with Crippen LogP contribution in [-0.2, 0) is 6.42 Å². The maximum absolute atomic E-state index is 11.2. The Bertz CT molecular complexity index is 926. The normalized spacial score (nSPS) is 11.2. The molecule has 0 amide bonds. The maximum atomic E-state index is 11.2. The zero-order valence-electron chi connectivity index (χ0n) is 15.4. The molecule has 0 unspecified atom stereocenters. The molecule has 1 aromatic carbocycles. The summed E-state index contributed by atoms with van der Waals surface area (Å²) in [5, 5.41) is 10.3. The molecule has 2 aromatic heterocycles. The molecule has 5 nitrogen and oxygen atoms in total. The number of carboxylic acid groups (broad SMARTS) is 1. The van der Waals surface area contributed by atoms with E-state index in [1.807, 2.05) is 18.2 Å². The summed E-state index contributed by atoms with van der Waals surface area (Å²) in [6, 6.07) is 11.2. The summed E-state index contributed by atoms with van der Waals surface area (Å²) < 4.78 is 5.35. The van der Waals surface area contributed by atoms with Crippen LogP contribution in [0.3, 0.4) is 0 Å². The van der Waals surface area contributed by atoms with Crippen LogP contribution in [0.1, 0.15) is 60.0 Å². The molecule has 0 aliphatic rings. The monoisotopic (exact) mass is 352 g/mol. The number of aromatic nitrogens is 2. The van der Waals surface area contributed by atoms with Gasteiger partial charge >= 0.3 is 5.97 Å². The first-order chi connectivity index (χ1) is 12.6. The van der Waals surface area contributed by atoms with Crippen molar-refractivity contribution < 1.29 is 14.6 Å². The molecule has 0 saturated heterocycles. The smallest absolute Gasteiger partial charge is 0.354 e. The number of benzene rings is 1. The van der Waals surface area contributed by atoms with Gasteiger partial charge in [0.1, 0.15) is 11.4 Å². The quantitative estimate of drug-likeness (QED) is 0.642. The van der Waals surface area contributed by atoms with Crippen molar-refractivity contribution in [2.75, 3.05) is 7.11 Å². The zero-order valence-corrected chi connectivity index (χ0v) is 15.4. The van der Waals surface area contributed by atoms with Crippen molar-refractivity contribution in [3.63, 3.8) is 0 Å². The molecule has 2 heterocycles. The zero-order chi connectivity index (χ0) is 18.7. The van der Waals surface area contributed by atoms with Gasteiger partial charge < -0.3 is 14.8 Å². The summed E-state index contributed by atoms with van der Waals surface area (Å²) in [4.78, 5) is 19.1. The summed E-state index contributed by atoms with van der Waals surface area (Å²) in [5.41, 5.74) is 4.27. The highest BCUT2D eigenvalue weighted by Gasteiger charge is 2.19. The Kier molecular flexibility index (Phi) is 5.26. The number of rotatable bonds is 7. The van der Waals surface area contributed by atoms with Crippen LogP contribution in [0.25, 0.3) is 10.9 Å². The summed E-state index contributed by atoms with van der Waals surface area (Å²) >= 11 is 0. The van der Waals surface area contributed by atoms with Gasteiger partial charge in [-0.05, 0) is 48.6 Å². The lowest BCUT2D eigenvalue weighted by Crippen LogP contribution is -2.05. The second kappa shape index (κ2) is 7.60. The summed E-state index contributed by atoms with van der Waals surface area (Å²) in [5.74, 6) is 0.231. The van der Waals surface area contributed by atoms with Gasteiger partial charge in [-0.25, -0.2) is 9.78 Å². The number of nitrogens with zero attached hydrogens (tertiary/aromatic N) is 1. The minimum Gasteiger partial charge on any atom is -0.497 e. The van der Waals surface area contributed by atoms with Crippen molar-refractivity contribution >= 4 is 16.9 Å². The number of aromatic amines is 1. The van der Waals surface area contributed by atoms with E-state index in [9.17, 15) is 9.90 Å². The van der Waals surface area contributed by atoms with Gasteiger partial charge in [-0.2, -0.15) is 0 Å². The number of hydrogen-bond acceptors (Lipinski definition) is 3. The number of pyridine rings is 1. The van der Waals surface area contributed by atoms with E-state index in [4.69, 9.17) is 4.74 Å². The number of methoxy groups -OCH3 is 1. The lowest BCUT2D eigenvalue weighted by atomic mass is 9.93. The third-order valence-corrected chi connectivity index (χ3v) is 4.92. The molecule has 3 aromatic rings. The van der Waals surface area contributed by atoms with Crippen LogP contribution in [0, 0.1) is 0 Å². The first-order valence-corrected chi connectivity index (χ1v) is 8.95. The Labute approximate surface area is 153 Å². The van der Waals surface area contributed by atoms with Crippen LogP contribution in [0.4, 0.5) is 0 Å². The minimum absolute atomic E-state index is 0.0769. The van der Waals surface area contributed by atoms with Crippen LogP contribution in [-0.4, -0.2) is 28.2 Å². The van der Waals surface area contributed by atoms with E-state index >= 15 is 0 Å². The van der Waals surface area contributed by atoms with E-state index in [2.05, 4.69) is 29.9 Å². The highest BCUT2D eigenvalue weighted by molar-refractivity contribution is 5.87. The molecule has 0 radical (unpaired) electrons. The van der Waals surface area contributed by atoms with Crippen LogP contribution < -0.4 is 4.74 Å². The lowest BCUT2D eigenvalue weighted by Gasteiger charge is -2.14. The number of fused-ring (bicyclic) bond motifs is 1. The highest BCUT2D eigenvalue weighted by atomic mass is 16.5. The molecular formula is C21H24N2O3. The van der Waals surface area contributed by atoms with Crippen LogP contribution in [0.15, 0.2) is 36.4 Å². The van der Waals surface area contributed by atoms with Gasteiger partial charge in [-0.1, -0.05) is 19.9 Å². The van der Waals surface area contributed by atoms with Crippen molar-refractivity contribution in [1.29, 1.82) is 0 Å². The number of hydrogen-bond donors (Lipinski definition) is 2. The Hall–Kier alpha value is -2.82. The molecule has 0 bridgehead atoms. The Balaban J connectivity index is 2.11. The lowest BCUT2D eigenvalue weighted by molar-refractivity contribution is 0.0690. The van der Waals surface area contributed by atoms with Crippen molar-refractivity contribution in [3.8, 4) is 5.75 Å². The second-order valence-electron chi connectivity index (χ2n) is 6.44. The summed E-state index contributed by atoms with van der Waals surface area (Å²) in [6.45, 7) is 4.38. The third kappa shape index (κ3) is 3.43. The number of ether oxygens (including phenoxy) is 1. The molecule has 0 aliphatic heterocycles. The van der Waals surface area contributed by atoms with E-state index in [1.165, 1.54) is 17.3 Å². The standard InChI is InChI=1S/C21H24N2O3/c1-4-13(5-2)20-17(11-14-7-6-8-18(22-14)21(24)25)16-10-9-15(26-3)12-19(16)23-20/h6-10,12-13,23H,4-5,11H2,1-3H3,(H,24,25). The van der Waals surface area contributed by atoms with Crippen LogP contribution >= 0.6 is 0 Å². The first kappa shape index (κ1) is 18.0. The number of carbonyl (C=O) groups is 1. The molecular weight excluding hydrogens is 328 g/mol. The van der Waals surface area contributed by atoms with Crippen molar-refractivity contribution in [1.82, 2.24) is 9.97 Å². The van der Waals surface area contributed by atoms with E-state index in [0.717, 1.165) is 35.2 Å². The van der Waals surface area contributed by atoms with Crippen LogP contribution in [0.2, 0.25) is 0 Å². The third-order valence-electron chi connectivity index (χ3n) is 4.92. The SMILES string of the molecule is CCC(CC)c1[nH]c2cc(OC)ccc2c1Cc1cccc(C(=O)O)n1. The maximum Gasteiger partial charge on any atom is 0.354 e. The molecule has 0 atom stereocenters. The van der Waals surface area contributed by atoms with Crippen molar-refractivity contribution in [2.24, 2.45) is 0 Å². The molecule has 3 rings (SSSR count). The topological polar surface area (TPSA) is 75.2 Å². The summed E-state index contributed by atoms with van der Waals surface area (Å²) in [7, 11) is 1.66.